The Morgan fingerprint density at radius 3 is 2.35 bits per heavy atom. The third-order valence-electron chi connectivity index (χ3n) is 5.03. The molecule has 1 saturated heterocycles. The summed E-state index contributed by atoms with van der Waals surface area (Å²) in [5, 5.41) is 2.96. The molecule has 0 bridgehead atoms. The van der Waals surface area contributed by atoms with Crippen LogP contribution in [0.5, 0.6) is 0 Å². The van der Waals surface area contributed by atoms with Gasteiger partial charge < -0.3 is 11.1 Å². The number of anilines is 1. The van der Waals surface area contributed by atoms with Gasteiger partial charge in [0.05, 0.1) is 0 Å². The Morgan fingerprint density at radius 1 is 1.09 bits per heavy atom. The summed E-state index contributed by atoms with van der Waals surface area (Å²) < 4.78 is 0. The van der Waals surface area contributed by atoms with Crippen molar-refractivity contribution in [2.45, 2.75) is 38.6 Å². The number of nitrogens with one attached hydrogen (secondary N) is 1. The average Bonchev–Trinajstić information content (AvgIpc) is 3.20. The number of amides is 2. The molecule has 3 rings (SSSR count). The van der Waals surface area contributed by atoms with Crippen molar-refractivity contribution in [3.63, 3.8) is 0 Å². The highest BCUT2D eigenvalue weighted by atomic mass is 16.2. The topological polar surface area (TPSA) is 75.4 Å². The molecule has 1 aromatic rings. The maximum absolute atomic E-state index is 12.3. The number of rotatable bonds is 5. The monoisotopic (exact) mass is 315 g/mol. The van der Waals surface area contributed by atoms with Gasteiger partial charge in [0.25, 0.3) is 0 Å². The van der Waals surface area contributed by atoms with E-state index < -0.39 is 0 Å². The number of hydrogen-bond donors (Lipinski definition) is 2. The normalized spacial score (nSPS) is 24.7. The summed E-state index contributed by atoms with van der Waals surface area (Å²) in [6.07, 6.45) is 4.63. The highest BCUT2D eigenvalue weighted by molar-refractivity contribution is 5.93. The van der Waals surface area contributed by atoms with E-state index in [4.69, 9.17) is 5.73 Å². The Morgan fingerprint density at radius 2 is 1.74 bits per heavy atom. The number of nitrogens with two attached hydrogens (primary N) is 1. The van der Waals surface area contributed by atoms with E-state index in [1.807, 2.05) is 12.1 Å². The molecule has 0 unspecified atom stereocenters. The molecule has 3 N–H and O–H groups in total. The lowest BCUT2D eigenvalue weighted by Crippen LogP contribution is -2.24. The maximum Gasteiger partial charge on any atom is 0.227 e. The predicted molar refractivity (Wildman–Crippen MR) is 89.6 cm³/mol. The van der Waals surface area contributed by atoms with Gasteiger partial charge in [0.1, 0.15) is 0 Å². The van der Waals surface area contributed by atoms with Crippen LogP contribution in [0.2, 0.25) is 0 Å². The number of benzene rings is 1. The van der Waals surface area contributed by atoms with Crippen LogP contribution in [0.25, 0.3) is 0 Å². The zero-order valence-corrected chi connectivity index (χ0v) is 13.5. The van der Waals surface area contributed by atoms with Crippen molar-refractivity contribution in [1.82, 2.24) is 4.90 Å². The number of carbonyl (C=O) groups is 2. The molecule has 2 aliphatic rings. The van der Waals surface area contributed by atoms with Gasteiger partial charge in [-0.05, 0) is 62.9 Å². The summed E-state index contributed by atoms with van der Waals surface area (Å²) in [4.78, 5) is 25.9. The van der Waals surface area contributed by atoms with Crippen LogP contribution >= 0.6 is 0 Å². The van der Waals surface area contributed by atoms with E-state index in [2.05, 4.69) is 22.3 Å². The van der Waals surface area contributed by atoms with Crippen LogP contribution in [0.1, 0.15) is 37.7 Å². The van der Waals surface area contributed by atoms with Crippen LogP contribution in [-0.4, -0.2) is 29.8 Å². The predicted octanol–water partition coefficient (Wildman–Crippen LogP) is 2.12. The van der Waals surface area contributed by atoms with E-state index in [-0.39, 0.29) is 23.7 Å². The first-order chi connectivity index (χ1) is 11.1. The zero-order valence-electron chi connectivity index (χ0n) is 13.5. The maximum atomic E-state index is 12.3. The lowest BCUT2D eigenvalue weighted by atomic mass is 10.0. The van der Waals surface area contributed by atoms with E-state index in [0.29, 0.717) is 6.42 Å². The minimum Gasteiger partial charge on any atom is -0.369 e. The molecule has 2 atom stereocenters. The molecule has 1 aliphatic carbocycles. The van der Waals surface area contributed by atoms with Gasteiger partial charge in [-0.1, -0.05) is 12.1 Å². The van der Waals surface area contributed by atoms with Gasteiger partial charge in [-0.15, -0.1) is 0 Å². The lowest BCUT2D eigenvalue weighted by Gasteiger charge is -2.15. The van der Waals surface area contributed by atoms with E-state index in [1.54, 1.807) is 0 Å². The number of nitrogens with zero attached hydrogens (tertiary/aromatic N) is 1. The van der Waals surface area contributed by atoms with E-state index in [9.17, 15) is 9.59 Å². The van der Waals surface area contributed by atoms with Gasteiger partial charge in [0, 0.05) is 24.1 Å². The molecule has 1 aliphatic heterocycles. The van der Waals surface area contributed by atoms with Crippen LogP contribution in [0.15, 0.2) is 24.3 Å². The minimum atomic E-state index is -0.286. The number of likely N-dealkylation sites (tertiary alicyclic amines) is 1. The molecule has 1 heterocycles. The Kier molecular flexibility index (Phi) is 4.96. The molecule has 2 fully saturated rings. The van der Waals surface area contributed by atoms with Crippen molar-refractivity contribution in [1.29, 1.82) is 0 Å². The fourth-order valence-electron chi connectivity index (χ4n) is 3.61. The average molecular weight is 315 g/mol. The second kappa shape index (κ2) is 7.13. The van der Waals surface area contributed by atoms with Crippen molar-refractivity contribution >= 4 is 17.5 Å². The molecule has 23 heavy (non-hydrogen) atoms. The standard InChI is InChI=1S/C18H25N3O2/c19-17(22)14-5-6-15(11-14)18(23)20-16-7-3-13(4-8-16)12-21-9-1-2-10-21/h3-4,7-8,14-15H,1-2,5-6,9-12H2,(H2,19,22)(H,20,23)/t14-,15+/m1/s1. The molecule has 5 nitrogen and oxygen atoms in total. The van der Waals surface area contributed by atoms with Crippen molar-refractivity contribution in [2.75, 3.05) is 18.4 Å². The first-order valence-corrected chi connectivity index (χ1v) is 8.53. The molecular formula is C18H25N3O2. The third kappa shape index (κ3) is 4.10. The smallest absolute Gasteiger partial charge is 0.227 e. The molecular weight excluding hydrogens is 290 g/mol. The lowest BCUT2D eigenvalue weighted by molar-refractivity contribution is -0.122. The number of hydrogen-bond acceptors (Lipinski definition) is 3. The highest BCUT2D eigenvalue weighted by Gasteiger charge is 2.32. The van der Waals surface area contributed by atoms with E-state index in [0.717, 1.165) is 25.1 Å². The zero-order chi connectivity index (χ0) is 16.2. The summed E-state index contributed by atoms with van der Waals surface area (Å²) >= 11 is 0. The SMILES string of the molecule is NC(=O)[C@@H]1CC[C@H](C(=O)Nc2ccc(CN3CCCC3)cc2)C1. The molecule has 0 aromatic heterocycles. The van der Waals surface area contributed by atoms with E-state index >= 15 is 0 Å². The summed E-state index contributed by atoms with van der Waals surface area (Å²) in [7, 11) is 0. The quantitative estimate of drug-likeness (QED) is 0.874. The van der Waals surface area contributed by atoms with Gasteiger partial charge >= 0.3 is 0 Å². The van der Waals surface area contributed by atoms with Crippen LogP contribution in [0, 0.1) is 11.8 Å². The molecule has 0 radical (unpaired) electrons. The Balaban J connectivity index is 1.51. The van der Waals surface area contributed by atoms with Crippen molar-refractivity contribution in [3.05, 3.63) is 29.8 Å². The van der Waals surface area contributed by atoms with Crippen LogP contribution in [0.4, 0.5) is 5.69 Å². The summed E-state index contributed by atoms with van der Waals surface area (Å²) in [6, 6.07) is 8.08. The summed E-state index contributed by atoms with van der Waals surface area (Å²) in [5.74, 6) is -0.530. The van der Waals surface area contributed by atoms with Crippen molar-refractivity contribution in [3.8, 4) is 0 Å². The highest BCUT2D eigenvalue weighted by Crippen LogP contribution is 2.31. The molecule has 1 aromatic carbocycles. The Labute approximate surface area is 137 Å². The van der Waals surface area contributed by atoms with Gasteiger partial charge in [-0.25, -0.2) is 0 Å². The van der Waals surface area contributed by atoms with Gasteiger partial charge in [0.15, 0.2) is 0 Å². The minimum absolute atomic E-state index is 0.000966. The van der Waals surface area contributed by atoms with Crippen molar-refractivity contribution in [2.24, 2.45) is 17.6 Å². The Bertz CT molecular complexity index is 564. The Hall–Kier alpha value is -1.88. The summed E-state index contributed by atoms with van der Waals surface area (Å²) in [5.41, 5.74) is 7.42. The van der Waals surface area contributed by atoms with Crippen LogP contribution < -0.4 is 11.1 Å². The van der Waals surface area contributed by atoms with Gasteiger partial charge in [0.2, 0.25) is 11.8 Å². The summed E-state index contributed by atoms with van der Waals surface area (Å²) in [6.45, 7) is 3.35. The first-order valence-electron chi connectivity index (χ1n) is 8.53. The second-order valence-electron chi connectivity index (χ2n) is 6.78. The number of carbonyl (C=O) groups excluding carboxylic acids is 2. The van der Waals surface area contributed by atoms with Crippen LogP contribution in [-0.2, 0) is 16.1 Å². The molecule has 2 amide bonds. The largest absolute Gasteiger partial charge is 0.369 e. The first kappa shape index (κ1) is 16.0. The van der Waals surface area contributed by atoms with Gasteiger partial charge in [-0.2, -0.15) is 0 Å². The second-order valence-corrected chi connectivity index (χ2v) is 6.78. The molecule has 5 heteroatoms. The number of primary amides is 1. The molecule has 124 valence electrons. The van der Waals surface area contributed by atoms with E-state index in [1.165, 1.54) is 31.5 Å². The van der Waals surface area contributed by atoms with Gasteiger partial charge in [-0.3, -0.25) is 14.5 Å². The third-order valence-corrected chi connectivity index (χ3v) is 5.03. The fraction of sp³-hybridized carbons (Fsp3) is 0.556. The molecule has 0 spiro atoms. The fourth-order valence-corrected chi connectivity index (χ4v) is 3.61. The molecule has 1 saturated carbocycles. The van der Waals surface area contributed by atoms with Crippen LogP contribution in [0.3, 0.4) is 0 Å². The van der Waals surface area contributed by atoms with Crippen molar-refractivity contribution < 1.29 is 9.59 Å².